The molecule has 2 nitrogen and oxygen atoms in total. The molecule has 0 spiro atoms. The molecular weight excluding hydrogens is 212 g/mol. The van der Waals surface area contributed by atoms with Crippen LogP contribution in [0.4, 0.5) is 0 Å². The topological polar surface area (TPSA) is 40.5 Å². The molecule has 0 saturated heterocycles. The second-order valence-corrected chi connectivity index (χ2v) is 3.31. The first-order valence-electron chi connectivity index (χ1n) is 5.48. The zero-order valence-corrected chi connectivity index (χ0v) is 9.89. The number of aliphatic hydroxyl groups is 2. The highest BCUT2D eigenvalue weighted by molar-refractivity contribution is 5.31. The van der Waals surface area contributed by atoms with Gasteiger partial charge in [0.1, 0.15) is 12.2 Å². The molecule has 0 bridgehead atoms. The van der Waals surface area contributed by atoms with Crippen LogP contribution in [-0.4, -0.2) is 22.4 Å². The van der Waals surface area contributed by atoms with Crippen LogP contribution in [0.1, 0.15) is 19.3 Å². The van der Waals surface area contributed by atoms with Crippen LogP contribution >= 0.6 is 0 Å². The smallest absolute Gasteiger partial charge is 0.134 e. The molecule has 0 unspecified atom stereocenters. The zero-order chi connectivity index (χ0) is 12.9. The van der Waals surface area contributed by atoms with E-state index >= 15 is 0 Å². The van der Waals surface area contributed by atoms with Crippen molar-refractivity contribution in [1.82, 2.24) is 0 Å². The second-order valence-electron chi connectivity index (χ2n) is 3.31. The van der Waals surface area contributed by atoms with Crippen LogP contribution in [0.15, 0.2) is 37.5 Å². The van der Waals surface area contributed by atoms with Crippen LogP contribution in [0.2, 0.25) is 0 Å². The van der Waals surface area contributed by atoms with Crippen molar-refractivity contribution < 1.29 is 10.2 Å². The molecule has 0 aromatic heterocycles. The van der Waals surface area contributed by atoms with Gasteiger partial charge in [-0.05, 0) is 37.2 Å². The predicted octanol–water partition coefficient (Wildman–Crippen LogP) is 1.81. The van der Waals surface area contributed by atoms with E-state index in [1.165, 1.54) is 6.08 Å². The average molecular weight is 230 g/mol. The van der Waals surface area contributed by atoms with Gasteiger partial charge in [-0.2, -0.15) is 0 Å². The van der Waals surface area contributed by atoms with Crippen LogP contribution in [0.5, 0.6) is 0 Å². The van der Waals surface area contributed by atoms with Gasteiger partial charge in [-0.1, -0.05) is 36.6 Å². The van der Waals surface area contributed by atoms with Crippen molar-refractivity contribution in [3.63, 3.8) is 0 Å². The molecule has 0 radical (unpaired) electrons. The number of aliphatic hydroxyl groups excluding tert-OH is 2. The van der Waals surface area contributed by atoms with Gasteiger partial charge < -0.3 is 10.2 Å². The first kappa shape index (κ1) is 15.3. The third-order valence-corrected chi connectivity index (χ3v) is 1.82. The number of hydrogen-bond donors (Lipinski definition) is 2. The van der Waals surface area contributed by atoms with E-state index in [0.717, 1.165) is 19.3 Å². The summed E-state index contributed by atoms with van der Waals surface area (Å²) >= 11 is 0. The Balaban J connectivity index is 3.95. The first-order chi connectivity index (χ1) is 8.20. The van der Waals surface area contributed by atoms with Gasteiger partial charge in [-0.3, -0.25) is 0 Å². The van der Waals surface area contributed by atoms with Gasteiger partial charge in [0.25, 0.3) is 0 Å². The highest BCUT2D eigenvalue weighted by atomic mass is 16.3. The Hall–Kier alpha value is -1.74. The summed E-state index contributed by atoms with van der Waals surface area (Å²) < 4.78 is 0. The maximum absolute atomic E-state index is 9.40. The molecule has 0 fully saturated rings. The van der Waals surface area contributed by atoms with Gasteiger partial charge in [-0.15, -0.1) is 6.58 Å². The molecule has 0 aromatic carbocycles. The first-order valence-corrected chi connectivity index (χ1v) is 5.48. The van der Waals surface area contributed by atoms with E-state index in [4.69, 9.17) is 5.11 Å². The van der Waals surface area contributed by atoms with Crippen molar-refractivity contribution in [1.29, 1.82) is 0 Å². The summed E-state index contributed by atoms with van der Waals surface area (Å²) in [6.45, 7) is 7.00. The molecule has 2 heteroatoms. The molecule has 0 aliphatic heterocycles. The molecule has 2 atom stereocenters. The Labute approximate surface area is 103 Å². The van der Waals surface area contributed by atoms with Gasteiger partial charge in [-0.25, -0.2) is 0 Å². The highest BCUT2D eigenvalue weighted by Gasteiger charge is 1.89. The Bertz CT molecular complexity index is 371. The summed E-state index contributed by atoms with van der Waals surface area (Å²) in [7, 11) is 0. The number of rotatable bonds is 6. The fourth-order valence-electron chi connectivity index (χ4n) is 0.932. The Kier molecular flexibility index (Phi) is 9.67. The van der Waals surface area contributed by atoms with Crippen molar-refractivity contribution in [3.05, 3.63) is 37.5 Å². The van der Waals surface area contributed by atoms with Crippen LogP contribution in [-0.2, 0) is 0 Å². The summed E-state index contributed by atoms with van der Waals surface area (Å²) in [5.74, 6) is 9.88. The SMILES string of the molecule is C=CCCC/C=C\[C@H](O)C#CC#C[C@@H](O)C=C. The van der Waals surface area contributed by atoms with E-state index in [0.29, 0.717) is 0 Å². The lowest BCUT2D eigenvalue weighted by atomic mass is 10.2. The zero-order valence-electron chi connectivity index (χ0n) is 9.89. The van der Waals surface area contributed by atoms with Gasteiger partial charge >= 0.3 is 0 Å². The fraction of sp³-hybridized carbons (Fsp3) is 0.333. The molecule has 0 amide bonds. The minimum atomic E-state index is -0.865. The minimum Gasteiger partial charge on any atom is -0.377 e. The number of allylic oxidation sites excluding steroid dienone is 2. The van der Waals surface area contributed by atoms with E-state index < -0.39 is 12.2 Å². The number of unbranched alkanes of at least 4 members (excludes halogenated alkanes) is 2. The molecule has 0 aliphatic carbocycles. The monoisotopic (exact) mass is 230 g/mol. The third kappa shape index (κ3) is 10.5. The molecule has 0 heterocycles. The average Bonchev–Trinajstić information content (AvgIpc) is 2.34. The van der Waals surface area contributed by atoms with E-state index in [9.17, 15) is 5.11 Å². The fourth-order valence-corrected chi connectivity index (χ4v) is 0.932. The Morgan fingerprint density at radius 2 is 1.65 bits per heavy atom. The van der Waals surface area contributed by atoms with Gasteiger partial charge in [0.15, 0.2) is 0 Å². The largest absolute Gasteiger partial charge is 0.377 e. The van der Waals surface area contributed by atoms with E-state index in [1.54, 1.807) is 6.08 Å². The summed E-state index contributed by atoms with van der Waals surface area (Å²) in [4.78, 5) is 0. The van der Waals surface area contributed by atoms with Crippen LogP contribution in [0.3, 0.4) is 0 Å². The molecule has 0 rings (SSSR count). The molecule has 90 valence electrons. The maximum Gasteiger partial charge on any atom is 0.134 e. The van der Waals surface area contributed by atoms with Gasteiger partial charge in [0.05, 0.1) is 0 Å². The normalized spacial score (nSPS) is 12.8. The van der Waals surface area contributed by atoms with E-state index in [1.807, 2.05) is 12.2 Å². The third-order valence-electron chi connectivity index (χ3n) is 1.82. The molecule has 17 heavy (non-hydrogen) atoms. The summed E-state index contributed by atoms with van der Waals surface area (Å²) in [5, 5.41) is 18.4. The Morgan fingerprint density at radius 1 is 1.00 bits per heavy atom. The van der Waals surface area contributed by atoms with E-state index in [2.05, 4.69) is 36.8 Å². The number of hydrogen-bond acceptors (Lipinski definition) is 2. The lowest BCUT2D eigenvalue weighted by molar-refractivity contribution is 0.280. The standard InChI is InChI=1S/C15H18O2/c1-3-5-6-7-8-12-15(17)13-10-9-11-14(16)4-2/h3-4,8,12,14-17H,1-2,5-7H2/b12-8-/t14-,15-/m0/s1. The quantitative estimate of drug-likeness (QED) is 0.415. The Morgan fingerprint density at radius 3 is 2.24 bits per heavy atom. The second kappa shape index (κ2) is 10.8. The van der Waals surface area contributed by atoms with Gasteiger partial charge in [0.2, 0.25) is 0 Å². The van der Waals surface area contributed by atoms with Crippen molar-refractivity contribution in [2.45, 2.75) is 31.5 Å². The summed E-state index contributed by atoms with van der Waals surface area (Å²) in [6, 6.07) is 0. The van der Waals surface area contributed by atoms with E-state index in [-0.39, 0.29) is 0 Å². The van der Waals surface area contributed by atoms with Crippen LogP contribution in [0.25, 0.3) is 0 Å². The summed E-state index contributed by atoms with van der Waals surface area (Å²) in [5.41, 5.74) is 0. The van der Waals surface area contributed by atoms with Crippen LogP contribution in [0, 0.1) is 23.7 Å². The van der Waals surface area contributed by atoms with Crippen molar-refractivity contribution in [2.24, 2.45) is 0 Å². The van der Waals surface area contributed by atoms with Crippen molar-refractivity contribution in [2.75, 3.05) is 0 Å². The molecule has 0 saturated carbocycles. The predicted molar refractivity (Wildman–Crippen MR) is 71.0 cm³/mol. The van der Waals surface area contributed by atoms with Gasteiger partial charge in [0, 0.05) is 0 Å². The molecule has 2 N–H and O–H groups in total. The van der Waals surface area contributed by atoms with Crippen LogP contribution < -0.4 is 0 Å². The lowest BCUT2D eigenvalue weighted by Crippen LogP contribution is -1.97. The maximum atomic E-state index is 9.40. The van der Waals surface area contributed by atoms with Crippen molar-refractivity contribution >= 4 is 0 Å². The molecule has 0 aromatic rings. The molecular formula is C15H18O2. The minimum absolute atomic E-state index is 0.811. The lowest BCUT2D eigenvalue weighted by Gasteiger charge is -1.93. The highest BCUT2D eigenvalue weighted by Crippen LogP contribution is 1.97. The van der Waals surface area contributed by atoms with Crippen molar-refractivity contribution in [3.8, 4) is 23.7 Å². The molecule has 0 aliphatic rings. The summed E-state index contributed by atoms with van der Waals surface area (Å²) in [6.07, 6.45) is 7.89.